The van der Waals surface area contributed by atoms with Gasteiger partial charge in [0.1, 0.15) is 11.5 Å². The summed E-state index contributed by atoms with van der Waals surface area (Å²) in [6, 6.07) is 4.00. The van der Waals surface area contributed by atoms with Crippen LogP contribution in [-0.2, 0) is 11.8 Å². The molecular weight excluding hydrogens is 240 g/mol. The van der Waals surface area contributed by atoms with Gasteiger partial charge in [0.2, 0.25) is 0 Å². The Balaban J connectivity index is 2.50. The minimum Gasteiger partial charge on any atom is -0.497 e. The highest BCUT2D eigenvalue weighted by Gasteiger charge is 2.41. The third kappa shape index (κ3) is 3.03. The summed E-state index contributed by atoms with van der Waals surface area (Å²) < 4.78 is 11.0. The number of rotatable bonds is 4. The van der Waals surface area contributed by atoms with Crippen molar-refractivity contribution in [1.29, 1.82) is 0 Å². The van der Waals surface area contributed by atoms with Crippen LogP contribution >= 0.6 is 0 Å². The Bertz CT molecular complexity index is 468. The maximum atomic E-state index is 10.2. The molecule has 0 saturated heterocycles. The topological polar surface area (TPSA) is 38.7 Å². The van der Waals surface area contributed by atoms with E-state index in [1.54, 1.807) is 14.2 Å². The molecule has 1 N–H and O–H groups in total. The molecule has 3 nitrogen and oxygen atoms in total. The second-order valence-corrected chi connectivity index (χ2v) is 6.52. The lowest BCUT2D eigenvalue weighted by atomic mass is 9.84. The first-order valence-corrected chi connectivity index (χ1v) is 6.77. The van der Waals surface area contributed by atoms with Gasteiger partial charge in [-0.2, -0.15) is 0 Å². The lowest BCUT2D eigenvalue weighted by Gasteiger charge is -2.25. The second kappa shape index (κ2) is 4.71. The van der Waals surface area contributed by atoms with E-state index in [9.17, 15) is 5.11 Å². The molecule has 0 spiro atoms. The van der Waals surface area contributed by atoms with Gasteiger partial charge in [-0.3, -0.25) is 0 Å². The van der Waals surface area contributed by atoms with Gasteiger partial charge in [-0.25, -0.2) is 0 Å². The molecule has 0 aromatic heterocycles. The van der Waals surface area contributed by atoms with Gasteiger partial charge in [-0.15, -0.1) is 0 Å². The Labute approximate surface area is 115 Å². The molecule has 0 atom stereocenters. The van der Waals surface area contributed by atoms with Gasteiger partial charge >= 0.3 is 0 Å². The highest BCUT2D eigenvalue weighted by molar-refractivity contribution is 5.51. The summed E-state index contributed by atoms with van der Waals surface area (Å²) in [6.07, 6.45) is 2.38. The van der Waals surface area contributed by atoms with Crippen molar-refractivity contribution in [3.05, 3.63) is 23.3 Å². The molecule has 1 fully saturated rings. The highest BCUT2D eigenvalue weighted by Crippen LogP contribution is 2.44. The Hall–Kier alpha value is -1.22. The van der Waals surface area contributed by atoms with E-state index < -0.39 is 5.60 Å². The van der Waals surface area contributed by atoms with Crippen molar-refractivity contribution in [2.24, 2.45) is 0 Å². The van der Waals surface area contributed by atoms with Crippen LogP contribution < -0.4 is 9.47 Å². The van der Waals surface area contributed by atoms with Gasteiger partial charge < -0.3 is 14.6 Å². The summed E-state index contributed by atoms with van der Waals surface area (Å²) in [5.41, 5.74) is 1.59. The molecule has 1 aromatic carbocycles. The SMILES string of the molecule is COc1cc(CC2(O)CC2)c(OC)c(C(C)(C)C)c1. The zero-order valence-electron chi connectivity index (χ0n) is 12.5. The van der Waals surface area contributed by atoms with Gasteiger partial charge in [-0.1, -0.05) is 20.8 Å². The van der Waals surface area contributed by atoms with E-state index in [4.69, 9.17) is 9.47 Å². The fraction of sp³-hybridized carbons (Fsp3) is 0.625. The quantitative estimate of drug-likeness (QED) is 0.908. The molecule has 106 valence electrons. The molecule has 0 bridgehead atoms. The smallest absolute Gasteiger partial charge is 0.126 e. The molecule has 2 rings (SSSR count). The molecule has 0 unspecified atom stereocenters. The van der Waals surface area contributed by atoms with E-state index in [0.29, 0.717) is 6.42 Å². The minimum absolute atomic E-state index is 0.0270. The molecule has 1 saturated carbocycles. The number of hydrogen-bond acceptors (Lipinski definition) is 3. The molecular formula is C16H24O3. The van der Waals surface area contributed by atoms with E-state index in [1.165, 1.54) is 0 Å². The average molecular weight is 264 g/mol. The van der Waals surface area contributed by atoms with Crippen LogP contribution in [0.2, 0.25) is 0 Å². The Morgan fingerprint density at radius 1 is 1.16 bits per heavy atom. The third-order valence-corrected chi connectivity index (χ3v) is 3.73. The number of benzene rings is 1. The van der Waals surface area contributed by atoms with Crippen LogP contribution in [0, 0.1) is 0 Å². The molecule has 3 heteroatoms. The summed E-state index contributed by atoms with van der Waals surface area (Å²) in [5, 5.41) is 10.2. The van der Waals surface area contributed by atoms with E-state index in [-0.39, 0.29) is 5.41 Å². The van der Waals surface area contributed by atoms with Crippen LogP contribution in [0.4, 0.5) is 0 Å². The zero-order valence-corrected chi connectivity index (χ0v) is 12.5. The highest BCUT2D eigenvalue weighted by atomic mass is 16.5. The van der Waals surface area contributed by atoms with E-state index >= 15 is 0 Å². The van der Waals surface area contributed by atoms with Gasteiger partial charge in [0.15, 0.2) is 0 Å². The molecule has 19 heavy (non-hydrogen) atoms. The molecule has 0 radical (unpaired) electrons. The zero-order chi connectivity index (χ0) is 14.3. The van der Waals surface area contributed by atoms with Crippen LogP contribution in [0.5, 0.6) is 11.5 Å². The van der Waals surface area contributed by atoms with Crippen molar-refractivity contribution >= 4 is 0 Å². The van der Waals surface area contributed by atoms with E-state index in [1.807, 2.05) is 12.1 Å². The lowest BCUT2D eigenvalue weighted by Crippen LogP contribution is -2.17. The molecule has 0 amide bonds. The minimum atomic E-state index is -0.533. The first kappa shape index (κ1) is 14.2. The van der Waals surface area contributed by atoms with Crippen molar-refractivity contribution < 1.29 is 14.6 Å². The van der Waals surface area contributed by atoms with Crippen molar-refractivity contribution in [1.82, 2.24) is 0 Å². The van der Waals surface area contributed by atoms with Crippen molar-refractivity contribution in [3.63, 3.8) is 0 Å². The Morgan fingerprint density at radius 3 is 2.21 bits per heavy atom. The van der Waals surface area contributed by atoms with Crippen LogP contribution in [0.1, 0.15) is 44.7 Å². The first-order valence-electron chi connectivity index (χ1n) is 6.77. The van der Waals surface area contributed by atoms with Crippen LogP contribution in [0.3, 0.4) is 0 Å². The monoisotopic (exact) mass is 264 g/mol. The van der Waals surface area contributed by atoms with Crippen LogP contribution in [0.15, 0.2) is 12.1 Å². The predicted molar refractivity (Wildman–Crippen MR) is 76.1 cm³/mol. The van der Waals surface area contributed by atoms with Gasteiger partial charge in [0.05, 0.1) is 19.8 Å². The maximum Gasteiger partial charge on any atom is 0.126 e. The fourth-order valence-electron chi connectivity index (χ4n) is 2.38. The number of ether oxygens (including phenoxy) is 2. The lowest BCUT2D eigenvalue weighted by molar-refractivity contribution is 0.149. The van der Waals surface area contributed by atoms with Crippen LogP contribution in [0.25, 0.3) is 0 Å². The average Bonchev–Trinajstić information content (AvgIpc) is 3.04. The maximum absolute atomic E-state index is 10.2. The molecule has 1 aliphatic carbocycles. The third-order valence-electron chi connectivity index (χ3n) is 3.73. The van der Waals surface area contributed by atoms with Crippen LogP contribution in [-0.4, -0.2) is 24.9 Å². The number of methoxy groups -OCH3 is 2. The van der Waals surface area contributed by atoms with Gasteiger partial charge in [0.25, 0.3) is 0 Å². The Morgan fingerprint density at radius 2 is 1.79 bits per heavy atom. The summed E-state index contributed by atoms with van der Waals surface area (Å²) in [6.45, 7) is 6.46. The summed E-state index contributed by atoms with van der Waals surface area (Å²) in [4.78, 5) is 0. The molecule has 1 aromatic rings. The summed E-state index contributed by atoms with van der Waals surface area (Å²) >= 11 is 0. The van der Waals surface area contributed by atoms with E-state index in [2.05, 4.69) is 20.8 Å². The fourth-order valence-corrected chi connectivity index (χ4v) is 2.38. The van der Waals surface area contributed by atoms with Crippen molar-refractivity contribution in [2.75, 3.05) is 14.2 Å². The number of hydrogen-bond donors (Lipinski definition) is 1. The molecule has 0 aliphatic heterocycles. The van der Waals surface area contributed by atoms with Gasteiger partial charge in [-0.05, 0) is 30.4 Å². The number of aliphatic hydroxyl groups is 1. The Kier molecular flexibility index (Phi) is 3.52. The summed E-state index contributed by atoms with van der Waals surface area (Å²) in [7, 11) is 3.36. The molecule has 0 heterocycles. The first-order chi connectivity index (χ1) is 8.79. The van der Waals surface area contributed by atoms with E-state index in [0.717, 1.165) is 35.5 Å². The standard InChI is InChI=1S/C16H24O3/c1-15(2,3)13-9-12(18-4)8-11(14(13)19-5)10-16(17)6-7-16/h8-9,17H,6-7,10H2,1-5H3. The summed E-state index contributed by atoms with van der Waals surface area (Å²) in [5.74, 6) is 1.71. The largest absolute Gasteiger partial charge is 0.497 e. The molecule has 1 aliphatic rings. The van der Waals surface area contributed by atoms with Crippen molar-refractivity contribution in [3.8, 4) is 11.5 Å². The second-order valence-electron chi connectivity index (χ2n) is 6.52. The van der Waals surface area contributed by atoms with Gasteiger partial charge in [0, 0.05) is 17.5 Å². The predicted octanol–water partition coefficient (Wildman–Crippen LogP) is 3.07. The van der Waals surface area contributed by atoms with Crippen molar-refractivity contribution in [2.45, 2.75) is 51.0 Å². The normalized spacial score (nSPS) is 17.2.